The molecule has 1 unspecified atom stereocenters. The van der Waals surface area contributed by atoms with Crippen LogP contribution in [-0.2, 0) is 22.6 Å². The number of benzene rings is 1. The Balaban J connectivity index is 1.27. The third-order valence-electron chi connectivity index (χ3n) is 6.18. The number of imidazole rings is 1. The molecule has 1 atom stereocenters. The molecule has 4 rings (SSSR count). The SMILES string of the molecule is Cc1nc(SCC(=O)N2CCN(Cc3cccc(Cl)c3)CC2)n(CC2CCCO2)c1C. The maximum absolute atomic E-state index is 12.8. The predicted molar refractivity (Wildman–Crippen MR) is 125 cm³/mol. The third-order valence-corrected chi connectivity index (χ3v) is 7.37. The molecule has 0 spiro atoms. The van der Waals surface area contributed by atoms with Crippen molar-refractivity contribution < 1.29 is 9.53 Å². The van der Waals surface area contributed by atoms with Crippen molar-refractivity contribution in [1.82, 2.24) is 19.4 Å². The van der Waals surface area contributed by atoms with Crippen LogP contribution in [0.15, 0.2) is 29.4 Å². The van der Waals surface area contributed by atoms with Crippen molar-refractivity contribution in [2.45, 2.75) is 51.0 Å². The van der Waals surface area contributed by atoms with Crippen LogP contribution in [0.1, 0.15) is 29.8 Å². The van der Waals surface area contributed by atoms with E-state index in [-0.39, 0.29) is 12.0 Å². The number of piperazine rings is 1. The van der Waals surface area contributed by atoms with Crippen LogP contribution in [0.25, 0.3) is 0 Å². The number of nitrogens with zero attached hydrogens (tertiary/aromatic N) is 4. The summed E-state index contributed by atoms with van der Waals surface area (Å²) in [6, 6.07) is 8.00. The van der Waals surface area contributed by atoms with Gasteiger partial charge in [0.25, 0.3) is 0 Å². The van der Waals surface area contributed by atoms with Gasteiger partial charge in [-0.3, -0.25) is 9.69 Å². The molecule has 0 aliphatic carbocycles. The number of rotatable bonds is 7. The van der Waals surface area contributed by atoms with E-state index in [1.54, 1.807) is 11.8 Å². The second kappa shape index (κ2) is 10.4. The van der Waals surface area contributed by atoms with Gasteiger partial charge in [-0.1, -0.05) is 35.5 Å². The van der Waals surface area contributed by atoms with Crippen molar-refractivity contribution in [2.75, 3.05) is 38.5 Å². The van der Waals surface area contributed by atoms with Gasteiger partial charge >= 0.3 is 0 Å². The molecule has 2 aliphatic rings. The summed E-state index contributed by atoms with van der Waals surface area (Å²) >= 11 is 7.64. The number of halogens is 1. The fourth-order valence-electron chi connectivity index (χ4n) is 4.21. The first-order chi connectivity index (χ1) is 15.0. The molecule has 1 aromatic carbocycles. The summed E-state index contributed by atoms with van der Waals surface area (Å²) in [5.41, 5.74) is 3.41. The van der Waals surface area contributed by atoms with E-state index in [9.17, 15) is 4.79 Å². The molecule has 1 amide bonds. The van der Waals surface area contributed by atoms with Crippen LogP contribution in [0.2, 0.25) is 5.02 Å². The molecule has 0 radical (unpaired) electrons. The van der Waals surface area contributed by atoms with Crippen molar-refractivity contribution in [1.29, 1.82) is 0 Å². The van der Waals surface area contributed by atoms with Crippen LogP contribution >= 0.6 is 23.4 Å². The molecular formula is C23H31ClN4O2S. The molecular weight excluding hydrogens is 432 g/mol. The Bertz CT molecular complexity index is 905. The Morgan fingerprint density at radius 1 is 1.26 bits per heavy atom. The van der Waals surface area contributed by atoms with Gasteiger partial charge < -0.3 is 14.2 Å². The first-order valence-corrected chi connectivity index (χ1v) is 12.4. The van der Waals surface area contributed by atoms with E-state index in [1.807, 2.05) is 30.0 Å². The second-order valence-corrected chi connectivity index (χ2v) is 9.77. The van der Waals surface area contributed by atoms with E-state index in [1.165, 1.54) is 11.3 Å². The van der Waals surface area contributed by atoms with Crippen LogP contribution in [0.5, 0.6) is 0 Å². The Kier molecular flexibility index (Phi) is 7.59. The van der Waals surface area contributed by atoms with Crippen LogP contribution in [-0.4, -0.2) is 69.9 Å². The normalized spacial score (nSPS) is 19.8. The zero-order chi connectivity index (χ0) is 21.8. The monoisotopic (exact) mass is 462 g/mol. The van der Waals surface area contributed by atoms with Crippen molar-refractivity contribution in [3.8, 4) is 0 Å². The minimum absolute atomic E-state index is 0.189. The van der Waals surface area contributed by atoms with Crippen molar-refractivity contribution in [2.24, 2.45) is 0 Å². The van der Waals surface area contributed by atoms with Crippen LogP contribution < -0.4 is 0 Å². The van der Waals surface area contributed by atoms with E-state index >= 15 is 0 Å². The van der Waals surface area contributed by atoms with Gasteiger partial charge in [0.15, 0.2) is 5.16 Å². The number of amides is 1. The summed E-state index contributed by atoms with van der Waals surface area (Å²) in [7, 11) is 0. The minimum Gasteiger partial charge on any atom is -0.376 e. The van der Waals surface area contributed by atoms with E-state index in [2.05, 4.69) is 22.5 Å². The standard InChI is InChI=1S/C23H31ClN4O2S/c1-17-18(2)28(15-21-7-4-12-30-21)23(25-17)31-16-22(29)27-10-8-26(9-11-27)14-19-5-3-6-20(24)13-19/h3,5-6,13,21H,4,7-12,14-16H2,1-2H3. The number of aromatic nitrogens is 2. The van der Waals surface area contributed by atoms with Crippen molar-refractivity contribution in [3.63, 3.8) is 0 Å². The largest absolute Gasteiger partial charge is 0.376 e. The number of thioether (sulfide) groups is 1. The molecule has 168 valence electrons. The summed E-state index contributed by atoms with van der Waals surface area (Å²) in [4.78, 5) is 21.9. The molecule has 3 heterocycles. The first-order valence-electron chi connectivity index (χ1n) is 11.0. The Morgan fingerprint density at radius 3 is 2.77 bits per heavy atom. The molecule has 2 saturated heterocycles. The fraction of sp³-hybridized carbons (Fsp3) is 0.565. The van der Waals surface area contributed by atoms with Gasteiger partial charge in [0.05, 0.1) is 24.1 Å². The second-order valence-electron chi connectivity index (χ2n) is 8.39. The summed E-state index contributed by atoms with van der Waals surface area (Å²) in [6.45, 7) is 9.98. The molecule has 2 fully saturated rings. The highest BCUT2D eigenvalue weighted by molar-refractivity contribution is 7.99. The highest BCUT2D eigenvalue weighted by atomic mass is 35.5. The molecule has 2 aromatic rings. The Labute approximate surface area is 193 Å². The molecule has 8 heteroatoms. The van der Waals surface area contributed by atoms with Gasteiger partial charge in [0.1, 0.15) is 0 Å². The smallest absolute Gasteiger partial charge is 0.233 e. The van der Waals surface area contributed by atoms with Crippen molar-refractivity contribution in [3.05, 3.63) is 46.2 Å². The zero-order valence-electron chi connectivity index (χ0n) is 18.3. The topological polar surface area (TPSA) is 50.6 Å². The predicted octanol–water partition coefficient (Wildman–Crippen LogP) is 3.77. The van der Waals surface area contributed by atoms with E-state index < -0.39 is 0 Å². The quantitative estimate of drug-likeness (QED) is 0.586. The number of aryl methyl sites for hydroxylation is 1. The third kappa shape index (κ3) is 5.83. The lowest BCUT2D eigenvalue weighted by Crippen LogP contribution is -2.48. The van der Waals surface area contributed by atoms with Crippen LogP contribution in [0.4, 0.5) is 0 Å². The van der Waals surface area contributed by atoms with Crippen LogP contribution in [0.3, 0.4) is 0 Å². The minimum atomic E-state index is 0.189. The molecule has 0 N–H and O–H groups in total. The average Bonchev–Trinajstić information content (AvgIpc) is 3.36. The lowest BCUT2D eigenvalue weighted by atomic mass is 10.2. The molecule has 1 aromatic heterocycles. The maximum atomic E-state index is 12.8. The van der Waals surface area contributed by atoms with Crippen molar-refractivity contribution >= 4 is 29.3 Å². The number of carbonyl (C=O) groups excluding carboxylic acids is 1. The van der Waals surface area contributed by atoms with E-state index in [0.717, 1.165) is 74.6 Å². The summed E-state index contributed by atoms with van der Waals surface area (Å²) in [5.74, 6) is 0.616. The van der Waals surface area contributed by atoms with Gasteiger partial charge in [-0.2, -0.15) is 0 Å². The summed E-state index contributed by atoms with van der Waals surface area (Å²) < 4.78 is 8.04. The molecule has 0 saturated carbocycles. The number of ether oxygens (including phenoxy) is 1. The van der Waals surface area contributed by atoms with Crippen LogP contribution in [0, 0.1) is 13.8 Å². The summed E-state index contributed by atoms with van der Waals surface area (Å²) in [5, 5.41) is 1.70. The van der Waals surface area contributed by atoms with Gasteiger partial charge in [0, 0.05) is 50.0 Å². The molecule has 6 nitrogen and oxygen atoms in total. The maximum Gasteiger partial charge on any atom is 0.233 e. The number of hydrogen-bond donors (Lipinski definition) is 0. The highest BCUT2D eigenvalue weighted by Gasteiger charge is 2.24. The lowest BCUT2D eigenvalue weighted by Gasteiger charge is -2.34. The highest BCUT2D eigenvalue weighted by Crippen LogP contribution is 2.25. The van der Waals surface area contributed by atoms with E-state index in [4.69, 9.17) is 21.3 Å². The van der Waals surface area contributed by atoms with Gasteiger partial charge in [-0.15, -0.1) is 0 Å². The first kappa shape index (κ1) is 22.6. The Hall–Kier alpha value is -1.54. The van der Waals surface area contributed by atoms with Gasteiger partial charge in [-0.25, -0.2) is 4.98 Å². The average molecular weight is 463 g/mol. The van der Waals surface area contributed by atoms with E-state index in [0.29, 0.717) is 5.75 Å². The zero-order valence-corrected chi connectivity index (χ0v) is 19.9. The van der Waals surface area contributed by atoms with Gasteiger partial charge in [0.2, 0.25) is 5.91 Å². The fourth-order valence-corrected chi connectivity index (χ4v) is 5.42. The Morgan fingerprint density at radius 2 is 2.06 bits per heavy atom. The molecule has 2 aliphatic heterocycles. The molecule has 31 heavy (non-hydrogen) atoms. The van der Waals surface area contributed by atoms with Gasteiger partial charge in [-0.05, 0) is 44.4 Å². The number of carbonyl (C=O) groups is 1. The lowest BCUT2D eigenvalue weighted by molar-refractivity contribution is -0.130. The number of hydrogen-bond acceptors (Lipinski definition) is 5. The summed E-state index contributed by atoms with van der Waals surface area (Å²) in [6.07, 6.45) is 2.48. The molecule has 0 bridgehead atoms.